The van der Waals surface area contributed by atoms with Crippen molar-refractivity contribution in [3.8, 4) is 0 Å². The molecule has 2 saturated heterocycles. The lowest BCUT2D eigenvalue weighted by Crippen LogP contribution is -2.47. The first-order valence-corrected chi connectivity index (χ1v) is 6.52. The van der Waals surface area contributed by atoms with Gasteiger partial charge in [-0.1, -0.05) is 0 Å². The van der Waals surface area contributed by atoms with Crippen molar-refractivity contribution in [2.45, 2.75) is 44.4 Å². The van der Waals surface area contributed by atoms with Crippen LogP contribution in [0.2, 0.25) is 0 Å². The predicted molar refractivity (Wildman–Crippen MR) is 82.7 cm³/mol. The van der Waals surface area contributed by atoms with Gasteiger partial charge in [-0.2, -0.15) is 0 Å². The molecule has 0 saturated carbocycles. The van der Waals surface area contributed by atoms with Gasteiger partial charge in [-0.15, -0.1) is 24.0 Å². The zero-order chi connectivity index (χ0) is 12.1. The molecule has 0 amide bonds. The first-order chi connectivity index (χ1) is 8.33. The summed E-state index contributed by atoms with van der Waals surface area (Å²) in [6.07, 6.45) is 4.37. The summed E-state index contributed by atoms with van der Waals surface area (Å²) in [6.45, 7) is 4.29. The van der Waals surface area contributed by atoms with Gasteiger partial charge in [0.15, 0.2) is 5.96 Å². The van der Waals surface area contributed by atoms with Crippen molar-refractivity contribution in [2.75, 3.05) is 26.8 Å². The van der Waals surface area contributed by atoms with Gasteiger partial charge >= 0.3 is 0 Å². The summed E-state index contributed by atoms with van der Waals surface area (Å²) in [5.74, 6) is 0.880. The SMILES string of the molecule is CCNC(=NCCOC)NC1CC2CCC1O2.I. The van der Waals surface area contributed by atoms with Gasteiger partial charge in [-0.25, -0.2) is 0 Å². The highest BCUT2D eigenvalue weighted by atomic mass is 127. The molecule has 3 unspecified atom stereocenters. The maximum Gasteiger partial charge on any atom is 0.191 e. The Kier molecular flexibility index (Phi) is 7.25. The van der Waals surface area contributed by atoms with Gasteiger partial charge in [0, 0.05) is 13.7 Å². The van der Waals surface area contributed by atoms with Gasteiger partial charge in [0.25, 0.3) is 0 Å². The second kappa shape index (κ2) is 8.16. The maximum atomic E-state index is 5.82. The van der Waals surface area contributed by atoms with E-state index in [1.165, 1.54) is 12.8 Å². The minimum atomic E-state index is 0. The normalized spacial score (nSPS) is 30.1. The van der Waals surface area contributed by atoms with E-state index in [0.29, 0.717) is 31.4 Å². The predicted octanol–water partition coefficient (Wildman–Crippen LogP) is 1.13. The van der Waals surface area contributed by atoms with E-state index in [9.17, 15) is 0 Å². The second-order valence-electron chi connectivity index (χ2n) is 4.61. The summed E-state index contributed by atoms with van der Waals surface area (Å²) in [4.78, 5) is 4.46. The molecule has 2 rings (SSSR count). The Morgan fingerprint density at radius 3 is 2.83 bits per heavy atom. The number of hydrogen-bond donors (Lipinski definition) is 2. The van der Waals surface area contributed by atoms with E-state index in [-0.39, 0.29) is 24.0 Å². The molecule has 18 heavy (non-hydrogen) atoms. The lowest BCUT2D eigenvalue weighted by Gasteiger charge is -2.22. The van der Waals surface area contributed by atoms with Gasteiger partial charge in [0.05, 0.1) is 31.4 Å². The summed E-state index contributed by atoms with van der Waals surface area (Å²) in [7, 11) is 1.69. The van der Waals surface area contributed by atoms with Crippen LogP contribution >= 0.6 is 24.0 Å². The molecule has 3 atom stereocenters. The van der Waals surface area contributed by atoms with Crippen LogP contribution in [0.4, 0.5) is 0 Å². The highest BCUT2D eigenvalue weighted by Gasteiger charge is 2.41. The summed E-state index contributed by atoms with van der Waals surface area (Å²) in [5, 5.41) is 6.72. The Morgan fingerprint density at radius 2 is 2.28 bits per heavy atom. The Hall–Kier alpha value is -0.0800. The summed E-state index contributed by atoms with van der Waals surface area (Å²) in [6, 6.07) is 0.425. The third-order valence-electron chi connectivity index (χ3n) is 3.34. The monoisotopic (exact) mass is 369 g/mol. The largest absolute Gasteiger partial charge is 0.383 e. The van der Waals surface area contributed by atoms with E-state index in [1.54, 1.807) is 7.11 Å². The van der Waals surface area contributed by atoms with Crippen LogP contribution in [0.1, 0.15) is 26.2 Å². The third-order valence-corrected chi connectivity index (χ3v) is 3.34. The molecule has 106 valence electrons. The number of rotatable bonds is 5. The molecule has 0 aromatic heterocycles. The number of methoxy groups -OCH3 is 1. The number of ether oxygens (including phenoxy) is 2. The third kappa shape index (κ3) is 4.24. The summed E-state index contributed by atoms with van der Waals surface area (Å²) < 4.78 is 10.8. The average molecular weight is 369 g/mol. The van der Waals surface area contributed by atoms with E-state index < -0.39 is 0 Å². The first kappa shape index (κ1) is 16.0. The van der Waals surface area contributed by atoms with Crippen LogP contribution in [-0.2, 0) is 9.47 Å². The van der Waals surface area contributed by atoms with Gasteiger partial charge in [-0.3, -0.25) is 4.99 Å². The van der Waals surface area contributed by atoms with Gasteiger partial charge < -0.3 is 20.1 Å². The second-order valence-corrected chi connectivity index (χ2v) is 4.61. The van der Waals surface area contributed by atoms with E-state index >= 15 is 0 Å². The molecule has 2 fully saturated rings. The molecule has 2 aliphatic rings. The van der Waals surface area contributed by atoms with Gasteiger partial charge in [0.1, 0.15) is 0 Å². The van der Waals surface area contributed by atoms with Crippen LogP contribution < -0.4 is 10.6 Å². The minimum absolute atomic E-state index is 0. The van der Waals surface area contributed by atoms with Crippen molar-refractivity contribution in [3.63, 3.8) is 0 Å². The van der Waals surface area contributed by atoms with Gasteiger partial charge in [0.2, 0.25) is 0 Å². The lowest BCUT2D eigenvalue weighted by atomic mass is 9.96. The fourth-order valence-electron chi connectivity index (χ4n) is 2.53. The zero-order valence-electron chi connectivity index (χ0n) is 11.1. The van der Waals surface area contributed by atoms with Crippen LogP contribution in [0.15, 0.2) is 4.99 Å². The Bertz CT molecular complexity index is 276. The number of nitrogens with one attached hydrogen (secondary N) is 2. The molecule has 2 bridgehead atoms. The van der Waals surface area contributed by atoms with Crippen molar-refractivity contribution in [3.05, 3.63) is 0 Å². The fraction of sp³-hybridized carbons (Fsp3) is 0.917. The molecule has 0 radical (unpaired) electrons. The Labute approximate surface area is 126 Å². The molecule has 2 aliphatic heterocycles. The van der Waals surface area contributed by atoms with Crippen molar-refractivity contribution in [2.24, 2.45) is 4.99 Å². The highest BCUT2D eigenvalue weighted by molar-refractivity contribution is 14.0. The first-order valence-electron chi connectivity index (χ1n) is 6.52. The van der Waals surface area contributed by atoms with Gasteiger partial charge in [-0.05, 0) is 26.2 Å². The number of guanidine groups is 1. The van der Waals surface area contributed by atoms with Crippen LogP contribution in [-0.4, -0.2) is 51.0 Å². The van der Waals surface area contributed by atoms with Crippen LogP contribution in [0, 0.1) is 0 Å². The molecule has 2 heterocycles. The molecule has 0 aromatic rings. The number of aliphatic imine (C=N–C) groups is 1. The van der Waals surface area contributed by atoms with E-state index in [2.05, 4.69) is 22.5 Å². The van der Waals surface area contributed by atoms with Crippen LogP contribution in [0.3, 0.4) is 0 Å². The average Bonchev–Trinajstić information content (AvgIpc) is 2.91. The van der Waals surface area contributed by atoms with E-state index in [1.807, 2.05) is 0 Å². The van der Waals surface area contributed by atoms with Crippen molar-refractivity contribution in [1.29, 1.82) is 0 Å². The van der Waals surface area contributed by atoms with E-state index in [0.717, 1.165) is 18.9 Å². The quantitative estimate of drug-likeness (QED) is 0.330. The Balaban J connectivity index is 0.00000162. The number of fused-ring (bicyclic) bond motifs is 2. The molecule has 0 aliphatic carbocycles. The molecule has 0 spiro atoms. The highest BCUT2D eigenvalue weighted by Crippen LogP contribution is 2.34. The standard InChI is InChI=1S/C12H23N3O2.HI/c1-3-13-12(14-6-7-16-2)15-10-8-9-4-5-11(10)17-9;/h9-11H,3-8H2,1-2H3,(H2,13,14,15);1H. The molecule has 0 aromatic carbocycles. The van der Waals surface area contributed by atoms with Crippen molar-refractivity contribution in [1.82, 2.24) is 10.6 Å². The van der Waals surface area contributed by atoms with Crippen LogP contribution in [0.25, 0.3) is 0 Å². The molecule has 6 heteroatoms. The number of halogens is 1. The van der Waals surface area contributed by atoms with Crippen molar-refractivity contribution < 1.29 is 9.47 Å². The molecule has 2 N–H and O–H groups in total. The fourth-order valence-corrected chi connectivity index (χ4v) is 2.53. The van der Waals surface area contributed by atoms with Crippen molar-refractivity contribution >= 4 is 29.9 Å². The maximum absolute atomic E-state index is 5.82. The smallest absolute Gasteiger partial charge is 0.191 e. The topological polar surface area (TPSA) is 54.9 Å². The number of nitrogens with zero attached hydrogens (tertiary/aromatic N) is 1. The summed E-state index contributed by atoms with van der Waals surface area (Å²) in [5.41, 5.74) is 0. The zero-order valence-corrected chi connectivity index (χ0v) is 13.5. The number of hydrogen-bond acceptors (Lipinski definition) is 3. The summed E-state index contributed by atoms with van der Waals surface area (Å²) >= 11 is 0. The lowest BCUT2D eigenvalue weighted by molar-refractivity contribution is 0.0992. The molecule has 5 nitrogen and oxygen atoms in total. The van der Waals surface area contributed by atoms with E-state index in [4.69, 9.17) is 9.47 Å². The molecular formula is C12H24IN3O2. The minimum Gasteiger partial charge on any atom is -0.383 e. The molecular weight excluding hydrogens is 345 g/mol. The van der Waals surface area contributed by atoms with Crippen LogP contribution in [0.5, 0.6) is 0 Å². The Morgan fingerprint density at radius 1 is 1.44 bits per heavy atom.